The number of carbonyl (C=O) groups excluding carboxylic acids is 1. The van der Waals surface area contributed by atoms with Crippen molar-refractivity contribution in [3.63, 3.8) is 0 Å². The van der Waals surface area contributed by atoms with Gasteiger partial charge in [-0.25, -0.2) is 4.39 Å². The number of rotatable bonds is 2. The molecule has 0 unspecified atom stereocenters. The molecule has 4 heteroatoms. The topological polar surface area (TPSA) is 50.4 Å². The average molecular weight is 206 g/mol. The molecule has 1 aromatic heterocycles. The highest BCUT2D eigenvalue weighted by atomic mass is 19.1. The van der Waals surface area contributed by atoms with Gasteiger partial charge in [0.2, 0.25) is 0 Å². The van der Waals surface area contributed by atoms with Crippen LogP contribution in [0.15, 0.2) is 34.7 Å². The molecular formula is C11H7FO3. The number of furan rings is 1. The first-order chi connectivity index (χ1) is 7.20. The van der Waals surface area contributed by atoms with Crippen LogP contribution in [-0.4, -0.2) is 11.4 Å². The van der Waals surface area contributed by atoms with Crippen LogP contribution < -0.4 is 0 Å². The fourth-order valence-electron chi connectivity index (χ4n) is 1.27. The lowest BCUT2D eigenvalue weighted by Crippen LogP contribution is -1.79. The number of carbonyl (C=O) groups is 1. The van der Waals surface area contributed by atoms with Crippen LogP contribution in [0.3, 0.4) is 0 Å². The first-order valence-electron chi connectivity index (χ1n) is 4.24. The van der Waals surface area contributed by atoms with E-state index < -0.39 is 5.82 Å². The van der Waals surface area contributed by atoms with Gasteiger partial charge in [0.1, 0.15) is 17.3 Å². The highest BCUT2D eigenvalue weighted by Gasteiger charge is 2.09. The van der Waals surface area contributed by atoms with Gasteiger partial charge in [-0.05, 0) is 30.3 Å². The van der Waals surface area contributed by atoms with Crippen molar-refractivity contribution >= 4 is 6.29 Å². The van der Waals surface area contributed by atoms with Gasteiger partial charge in [0, 0.05) is 0 Å². The van der Waals surface area contributed by atoms with E-state index in [1.807, 2.05) is 0 Å². The van der Waals surface area contributed by atoms with Gasteiger partial charge >= 0.3 is 0 Å². The monoisotopic (exact) mass is 206 g/mol. The molecule has 1 heterocycles. The third kappa shape index (κ3) is 1.74. The number of benzene rings is 1. The van der Waals surface area contributed by atoms with Gasteiger partial charge in [-0.15, -0.1) is 0 Å². The molecule has 0 aliphatic carbocycles. The molecule has 0 saturated carbocycles. The summed E-state index contributed by atoms with van der Waals surface area (Å²) in [6, 6.07) is 6.46. The van der Waals surface area contributed by atoms with Crippen LogP contribution in [0.5, 0.6) is 5.75 Å². The van der Waals surface area contributed by atoms with Gasteiger partial charge < -0.3 is 9.52 Å². The molecule has 1 aromatic carbocycles. The van der Waals surface area contributed by atoms with Gasteiger partial charge in [0.25, 0.3) is 0 Å². The number of phenols is 1. The molecule has 2 aromatic rings. The minimum Gasteiger partial charge on any atom is -0.507 e. The summed E-state index contributed by atoms with van der Waals surface area (Å²) >= 11 is 0. The molecular weight excluding hydrogens is 199 g/mol. The molecule has 0 atom stereocenters. The lowest BCUT2D eigenvalue weighted by atomic mass is 10.1. The maximum absolute atomic E-state index is 12.9. The Morgan fingerprint density at radius 3 is 2.73 bits per heavy atom. The van der Waals surface area contributed by atoms with Crippen LogP contribution in [0.1, 0.15) is 10.6 Å². The highest BCUT2D eigenvalue weighted by Crippen LogP contribution is 2.30. The van der Waals surface area contributed by atoms with Gasteiger partial charge in [0.15, 0.2) is 12.0 Å². The molecule has 0 saturated heterocycles. The summed E-state index contributed by atoms with van der Waals surface area (Å²) in [5.41, 5.74) is 0.225. The van der Waals surface area contributed by atoms with E-state index in [9.17, 15) is 14.3 Å². The number of hydrogen-bond acceptors (Lipinski definition) is 3. The van der Waals surface area contributed by atoms with E-state index >= 15 is 0 Å². The quantitative estimate of drug-likeness (QED) is 0.768. The molecule has 0 aliphatic rings. The van der Waals surface area contributed by atoms with Crippen LogP contribution in [0.4, 0.5) is 4.39 Å². The number of halogens is 1. The first kappa shape index (κ1) is 9.45. The number of hydrogen-bond donors (Lipinski definition) is 1. The Balaban J connectivity index is 2.52. The van der Waals surface area contributed by atoms with Crippen LogP contribution in [-0.2, 0) is 0 Å². The molecule has 3 nitrogen and oxygen atoms in total. The Morgan fingerprint density at radius 2 is 2.07 bits per heavy atom. The zero-order chi connectivity index (χ0) is 10.8. The molecule has 0 radical (unpaired) electrons. The average Bonchev–Trinajstić information content (AvgIpc) is 2.70. The summed E-state index contributed by atoms with van der Waals surface area (Å²) in [7, 11) is 0. The van der Waals surface area contributed by atoms with E-state index in [1.165, 1.54) is 18.2 Å². The van der Waals surface area contributed by atoms with Gasteiger partial charge in [0.05, 0.1) is 5.56 Å². The third-order valence-electron chi connectivity index (χ3n) is 1.97. The number of aromatic hydroxyl groups is 1. The lowest BCUT2D eigenvalue weighted by molar-refractivity contribution is 0.110. The van der Waals surface area contributed by atoms with E-state index in [2.05, 4.69) is 0 Å². The smallest absolute Gasteiger partial charge is 0.185 e. The van der Waals surface area contributed by atoms with Gasteiger partial charge in [-0.1, -0.05) is 0 Å². The third-order valence-corrected chi connectivity index (χ3v) is 1.97. The summed E-state index contributed by atoms with van der Waals surface area (Å²) in [4.78, 5) is 10.4. The predicted octanol–water partition coefficient (Wildman–Crippen LogP) is 2.60. The lowest BCUT2D eigenvalue weighted by Gasteiger charge is -2.00. The van der Waals surface area contributed by atoms with Gasteiger partial charge in [-0.2, -0.15) is 0 Å². The minimum atomic E-state index is -0.480. The van der Waals surface area contributed by atoms with Gasteiger partial charge in [-0.3, -0.25) is 4.79 Å². The normalized spacial score (nSPS) is 10.2. The van der Waals surface area contributed by atoms with Crippen LogP contribution in [0, 0.1) is 5.82 Å². The largest absolute Gasteiger partial charge is 0.507 e. The van der Waals surface area contributed by atoms with E-state index in [0.29, 0.717) is 6.29 Å². The summed E-state index contributed by atoms with van der Waals surface area (Å²) < 4.78 is 18.0. The van der Waals surface area contributed by atoms with Crippen molar-refractivity contribution < 1.29 is 18.7 Å². The molecule has 0 fully saturated rings. The van der Waals surface area contributed by atoms with Crippen molar-refractivity contribution in [1.29, 1.82) is 0 Å². The molecule has 0 bridgehead atoms. The Bertz CT molecular complexity index is 502. The van der Waals surface area contributed by atoms with Crippen molar-refractivity contribution in [2.75, 3.05) is 0 Å². The van der Waals surface area contributed by atoms with Crippen molar-refractivity contribution in [3.05, 3.63) is 41.9 Å². The molecule has 1 N–H and O–H groups in total. The summed E-state index contributed by atoms with van der Waals surface area (Å²) in [6.45, 7) is 0. The van der Waals surface area contributed by atoms with Crippen molar-refractivity contribution in [2.24, 2.45) is 0 Å². The second kappa shape index (κ2) is 3.57. The second-order valence-electron chi connectivity index (χ2n) is 2.98. The zero-order valence-corrected chi connectivity index (χ0v) is 7.61. The summed E-state index contributed by atoms with van der Waals surface area (Å²) in [5.74, 6) is -0.183. The molecule has 15 heavy (non-hydrogen) atoms. The maximum Gasteiger partial charge on any atom is 0.185 e. The Hall–Kier alpha value is -2.10. The first-order valence-corrected chi connectivity index (χ1v) is 4.24. The number of phenolic OH excluding ortho intramolecular Hbond substituents is 1. The van der Waals surface area contributed by atoms with Crippen LogP contribution in [0.25, 0.3) is 11.3 Å². The van der Waals surface area contributed by atoms with E-state index in [1.54, 1.807) is 0 Å². The zero-order valence-electron chi connectivity index (χ0n) is 7.61. The van der Waals surface area contributed by atoms with Crippen molar-refractivity contribution in [2.45, 2.75) is 0 Å². The minimum absolute atomic E-state index is 0.0943. The molecule has 76 valence electrons. The van der Waals surface area contributed by atoms with Crippen molar-refractivity contribution in [1.82, 2.24) is 0 Å². The summed E-state index contributed by atoms with van der Waals surface area (Å²) in [6.07, 6.45) is 0.542. The van der Waals surface area contributed by atoms with Crippen LogP contribution >= 0.6 is 0 Å². The molecule has 2 rings (SSSR count). The van der Waals surface area contributed by atoms with E-state index in [-0.39, 0.29) is 22.8 Å². The van der Waals surface area contributed by atoms with E-state index in [0.717, 1.165) is 12.1 Å². The molecule has 0 aliphatic heterocycles. The predicted molar refractivity (Wildman–Crippen MR) is 51.2 cm³/mol. The Kier molecular flexibility index (Phi) is 2.25. The SMILES string of the molecule is O=Cc1ccc(-c2cc(F)ccc2O)o1. The Labute approximate surface area is 84.8 Å². The fourth-order valence-corrected chi connectivity index (χ4v) is 1.27. The molecule has 0 amide bonds. The second-order valence-corrected chi connectivity index (χ2v) is 2.98. The van der Waals surface area contributed by atoms with E-state index in [4.69, 9.17) is 4.42 Å². The Morgan fingerprint density at radius 1 is 1.27 bits per heavy atom. The standard InChI is InChI=1S/C11H7FO3/c12-7-1-3-10(14)9(5-7)11-4-2-8(6-13)15-11/h1-6,14H. The summed E-state index contributed by atoms with van der Waals surface area (Å²) in [5, 5.41) is 9.46. The highest BCUT2D eigenvalue weighted by molar-refractivity contribution is 5.74. The number of aldehydes is 1. The maximum atomic E-state index is 12.9. The fraction of sp³-hybridized carbons (Fsp3) is 0. The van der Waals surface area contributed by atoms with Crippen LogP contribution in [0.2, 0.25) is 0 Å². The van der Waals surface area contributed by atoms with Crippen molar-refractivity contribution in [3.8, 4) is 17.1 Å². The molecule has 0 spiro atoms.